The first-order chi connectivity index (χ1) is 12.7. The molecular weight excluding hydrogens is 332 g/mol. The number of anilines is 1. The van der Waals surface area contributed by atoms with Gasteiger partial charge in [-0.05, 0) is 6.92 Å². The van der Waals surface area contributed by atoms with Gasteiger partial charge in [-0.25, -0.2) is 14.8 Å². The normalized spacial score (nSPS) is 16.2. The minimum atomic E-state index is -0.502. The number of nitrogens with zero attached hydrogens (tertiary/aromatic N) is 6. The molecule has 0 unspecified atom stereocenters. The van der Waals surface area contributed by atoms with Crippen LogP contribution in [-0.4, -0.2) is 44.4 Å². The summed E-state index contributed by atoms with van der Waals surface area (Å²) >= 11 is 0. The number of methoxy groups -OCH3 is 1. The molecule has 0 saturated heterocycles. The van der Waals surface area contributed by atoms with Crippen LogP contribution in [0.25, 0.3) is 11.4 Å². The van der Waals surface area contributed by atoms with Crippen LogP contribution in [0.4, 0.5) is 5.82 Å². The van der Waals surface area contributed by atoms with Gasteiger partial charge >= 0.3 is 5.97 Å². The maximum Gasteiger partial charge on any atom is 0.360 e. The zero-order valence-corrected chi connectivity index (χ0v) is 14.5. The van der Waals surface area contributed by atoms with Crippen molar-refractivity contribution in [3.63, 3.8) is 0 Å². The van der Waals surface area contributed by atoms with Crippen molar-refractivity contribution in [1.82, 2.24) is 24.7 Å². The van der Waals surface area contributed by atoms with E-state index in [1.807, 2.05) is 35.2 Å². The van der Waals surface area contributed by atoms with Gasteiger partial charge in [0.15, 0.2) is 23.2 Å². The molecule has 4 rings (SSSR count). The van der Waals surface area contributed by atoms with Gasteiger partial charge in [0.2, 0.25) is 0 Å². The van der Waals surface area contributed by atoms with E-state index in [9.17, 15) is 4.79 Å². The molecule has 132 valence electrons. The van der Waals surface area contributed by atoms with Crippen molar-refractivity contribution < 1.29 is 9.53 Å². The summed E-state index contributed by atoms with van der Waals surface area (Å²) in [6.07, 6.45) is 3.06. The summed E-state index contributed by atoms with van der Waals surface area (Å²) in [5, 5.41) is 8.74. The molecule has 1 aromatic carbocycles. The topological polar surface area (TPSA) is 86.0 Å². The van der Waals surface area contributed by atoms with Gasteiger partial charge in [-0.15, -0.1) is 10.2 Å². The highest BCUT2D eigenvalue weighted by Gasteiger charge is 2.30. The molecule has 0 aliphatic carbocycles. The van der Waals surface area contributed by atoms with E-state index in [0.717, 1.165) is 17.2 Å². The number of esters is 1. The number of benzene rings is 1. The molecule has 1 aliphatic rings. The Morgan fingerprint density at radius 2 is 1.92 bits per heavy atom. The van der Waals surface area contributed by atoms with Gasteiger partial charge in [-0.2, -0.15) is 0 Å². The van der Waals surface area contributed by atoms with E-state index in [-0.39, 0.29) is 11.7 Å². The molecule has 3 heterocycles. The number of rotatable bonds is 3. The molecular formula is C18H18N6O2. The Morgan fingerprint density at radius 1 is 1.15 bits per heavy atom. The molecule has 2 aromatic heterocycles. The minimum absolute atomic E-state index is 0.108. The Kier molecular flexibility index (Phi) is 4.08. The number of aromatic nitrogens is 5. The Bertz CT molecular complexity index is 940. The van der Waals surface area contributed by atoms with Crippen molar-refractivity contribution in [1.29, 1.82) is 0 Å². The second-order valence-corrected chi connectivity index (χ2v) is 6.13. The Hall–Kier alpha value is -3.29. The third-order valence-corrected chi connectivity index (χ3v) is 4.41. The lowest BCUT2D eigenvalue weighted by Gasteiger charge is -2.33. The molecule has 0 amide bonds. The van der Waals surface area contributed by atoms with Crippen molar-refractivity contribution in [3.05, 3.63) is 54.2 Å². The zero-order valence-electron chi connectivity index (χ0n) is 14.5. The van der Waals surface area contributed by atoms with Crippen LogP contribution in [0.5, 0.6) is 0 Å². The van der Waals surface area contributed by atoms with Gasteiger partial charge in [0.05, 0.1) is 19.7 Å². The van der Waals surface area contributed by atoms with E-state index < -0.39 is 5.97 Å². The fourth-order valence-electron chi connectivity index (χ4n) is 3.28. The standard InChI is InChI=1S/C18H18N6O2/c1-12-10-23(17-15(18(25)26-2)19-8-9-20-17)11-14-21-22-16(24(12)14)13-6-4-3-5-7-13/h3-9,12H,10-11H2,1-2H3/t12-/m0/s1. The molecule has 1 atom stereocenters. The van der Waals surface area contributed by atoms with Crippen LogP contribution < -0.4 is 4.90 Å². The molecule has 3 aromatic rings. The summed E-state index contributed by atoms with van der Waals surface area (Å²) < 4.78 is 6.96. The van der Waals surface area contributed by atoms with Crippen LogP contribution in [0.15, 0.2) is 42.7 Å². The average Bonchev–Trinajstić information content (AvgIpc) is 3.12. The molecule has 26 heavy (non-hydrogen) atoms. The Labute approximate surface area is 150 Å². The van der Waals surface area contributed by atoms with Crippen molar-refractivity contribution >= 4 is 11.8 Å². The number of hydrogen-bond acceptors (Lipinski definition) is 7. The number of ether oxygens (including phenoxy) is 1. The van der Waals surface area contributed by atoms with Gasteiger partial charge in [0.1, 0.15) is 0 Å². The summed E-state index contributed by atoms with van der Waals surface area (Å²) in [4.78, 5) is 22.5. The number of carbonyl (C=O) groups is 1. The van der Waals surface area contributed by atoms with Crippen LogP contribution in [-0.2, 0) is 11.3 Å². The lowest BCUT2D eigenvalue weighted by Crippen LogP contribution is -2.38. The largest absolute Gasteiger partial charge is 0.464 e. The molecule has 0 radical (unpaired) electrons. The van der Waals surface area contributed by atoms with Crippen molar-refractivity contribution in [2.24, 2.45) is 0 Å². The number of fused-ring (bicyclic) bond motifs is 1. The highest BCUT2D eigenvalue weighted by molar-refractivity contribution is 5.92. The quantitative estimate of drug-likeness (QED) is 0.669. The van der Waals surface area contributed by atoms with E-state index in [0.29, 0.717) is 18.9 Å². The van der Waals surface area contributed by atoms with E-state index in [1.165, 1.54) is 13.3 Å². The smallest absolute Gasteiger partial charge is 0.360 e. The molecule has 0 N–H and O–H groups in total. The van der Waals surface area contributed by atoms with E-state index in [2.05, 4.69) is 31.7 Å². The first-order valence-electron chi connectivity index (χ1n) is 8.32. The summed E-state index contributed by atoms with van der Waals surface area (Å²) in [6, 6.07) is 10.1. The highest BCUT2D eigenvalue weighted by Crippen LogP contribution is 2.30. The van der Waals surface area contributed by atoms with Gasteiger partial charge in [0, 0.05) is 24.5 Å². The SMILES string of the molecule is COC(=O)c1nccnc1N1Cc2nnc(-c3ccccc3)n2[C@@H](C)C1. The third-order valence-electron chi connectivity index (χ3n) is 4.41. The summed E-state index contributed by atoms with van der Waals surface area (Å²) in [6.45, 7) is 3.25. The second kappa shape index (κ2) is 6.55. The summed E-state index contributed by atoms with van der Waals surface area (Å²) in [5.74, 6) is 1.67. The van der Waals surface area contributed by atoms with Crippen LogP contribution in [0.1, 0.15) is 29.3 Å². The average molecular weight is 350 g/mol. The van der Waals surface area contributed by atoms with Gasteiger partial charge in [0.25, 0.3) is 0 Å². The maximum absolute atomic E-state index is 12.0. The first kappa shape index (κ1) is 16.2. The van der Waals surface area contributed by atoms with Crippen molar-refractivity contribution in [2.45, 2.75) is 19.5 Å². The van der Waals surface area contributed by atoms with Gasteiger partial charge < -0.3 is 14.2 Å². The Balaban J connectivity index is 1.71. The van der Waals surface area contributed by atoms with Crippen LogP contribution in [0.3, 0.4) is 0 Å². The third kappa shape index (κ3) is 2.69. The monoisotopic (exact) mass is 350 g/mol. The molecule has 8 nitrogen and oxygen atoms in total. The fourth-order valence-corrected chi connectivity index (χ4v) is 3.28. The highest BCUT2D eigenvalue weighted by atomic mass is 16.5. The van der Waals surface area contributed by atoms with Crippen molar-refractivity contribution in [3.8, 4) is 11.4 Å². The molecule has 0 saturated carbocycles. The van der Waals surface area contributed by atoms with E-state index in [1.54, 1.807) is 6.20 Å². The summed E-state index contributed by atoms with van der Waals surface area (Å²) in [7, 11) is 1.34. The summed E-state index contributed by atoms with van der Waals surface area (Å²) in [5.41, 5.74) is 1.24. The molecule has 0 bridgehead atoms. The van der Waals surface area contributed by atoms with Gasteiger partial charge in [-0.3, -0.25) is 0 Å². The van der Waals surface area contributed by atoms with Crippen LogP contribution >= 0.6 is 0 Å². The molecule has 8 heteroatoms. The fraction of sp³-hybridized carbons (Fsp3) is 0.278. The zero-order chi connectivity index (χ0) is 18.1. The van der Waals surface area contributed by atoms with Gasteiger partial charge in [-0.1, -0.05) is 30.3 Å². The number of hydrogen-bond donors (Lipinski definition) is 0. The second-order valence-electron chi connectivity index (χ2n) is 6.13. The van der Waals surface area contributed by atoms with E-state index in [4.69, 9.17) is 4.74 Å². The van der Waals surface area contributed by atoms with Crippen molar-refractivity contribution in [2.75, 3.05) is 18.6 Å². The maximum atomic E-state index is 12.0. The van der Waals surface area contributed by atoms with Crippen LogP contribution in [0, 0.1) is 0 Å². The Morgan fingerprint density at radius 3 is 2.69 bits per heavy atom. The minimum Gasteiger partial charge on any atom is -0.464 e. The first-order valence-corrected chi connectivity index (χ1v) is 8.32. The molecule has 1 aliphatic heterocycles. The predicted molar refractivity (Wildman–Crippen MR) is 94.6 cm³/mol. The predicted octanol–water partition coefficient (Wildman–Crippen LogP) is 2.10. The van der Waals surface area contributed by atoms with E-state index >= 15 is 0 Å². The lowest BCUT2D eigenvalue weighted by atomic mass is 10.1. The molecule has 0 spiro atoms. The number of carbonyl (C=O) groups excluding carboxylic acids is 1. The van der Waals surface area contributed by atoms with Crippen LogP contribution in [0.2, 0.25) is 0 Å². The molecule has 0 fully saturated rings. The lowest BCUT2D eigenvalue weighted by molar-refractivity contribution is 0.0594.